The average Bonchev–Trinajstić information content (AvgIpc) is 3.24. The minimum atomic E-state index is -0.225. The monoisotopic (exact) mass is 284 g/mol. The molecule has 3 heteroatoms. The molecule has 1 amide bonds. The standard InChI is InChI=1S/C18H24N2O/c1-13-7-5-6-10-15(13)20-16(14-8-3-2-4-9-14)19-18(11-12-18)17(20)21/h2-4,8-9,13,15-16,19H,5-7,10-12H2,1H3. The maximum Gasteiger partial charge on any atom is 0.244 e. The molecular formula is C18H24N2O. The molecule has 2 saturated carbocycles. The SMILES string of the molecule is CC1CCCCC1N1C(=O)C2(CC2)NC1c1ccccc1. The Bertz CT molecular complexity index is 537. The van der Waals surface area contributed by atoms with E-state index in [-0.39, 0.29) is 11.7 Å². The highest BCUT2D eigenvalue weighted by Gasteiger charge is 2.60. The molecule has 2 aliphatic carbocycles. The van der Waals surface area contributed by atoms with Crippen molar-refractivity contribution in [3.05, 3.63) is 35.9 Å². The fourth-order valence-corrected chi connectivity index (χ4v) is 4.17. The fourth-order valence-electron chi connectivity index (χ4n) is 4.17. The van der Waals surface area contributed by atoms with Crippen molar-refractivity contribution in [2.45, 2.75) is 63.2 Å². The van der Waals surface area contributed by atoms with Crippen LogP contribution in [0.2, 0.25) is 0 Å². The van der Waals surface area contributed by atoms with Crippen LogP contribution in [0.3, 0.4) is 0 Å². The third kappa shape index (κ3) is 2.10. The molecule has 0 radical (unpaired) electrons. The highest BCUT2D eigenvalue weighted by Crippen LogP contribution is 2.48. The Morgan fingerprint density at radius 2 is 1.86 bits per heavy atom. The number of hydrogen-bond donors (Lipinski definition) is 1. The number of carbonyl (C=O) groups excluding carboxylic acids is 1. The summed E-state index contributed by atoms with van der Waals surface area (Å²) in [6, 6.07) is 10.9. The molecular weight excluding hydrogens is 260 g/mol. The van der Waals surface area contributed by atoms with Gasteiger partial charge in [0.25, 0.3) is 0 Å². The number of hydrogen-bond acceptors (Lipinski definition) is 2. The zero-order valence-electron chi connectivity index (χ0n) is 12.7. The van der Waals surface area contributed by atoms with Gasteiger partial charge in [0.05, 0.1) is 0 Å². The zero-order chi connectivity index (χ0) is 14.4. The number of nitrogens with zero attached hydrogens (tertiary/aromatic N) is 1. The van der Waals surface area contributed by atoms with E-state index in [9.17, 15) is 4.79 Å². The van der Waals surface area contributed by atoms with Crippen LogP contribution in [0.25, 0.3) is 0 Å². The second kappa shape index (κ2) is 4.84. The van der Waals surface area contributed by atoms with Gasteiger partial charge < -0.3 is 4.90 Å². The van der Waals surface area contributed by atoms with Crippen molar-refractivity contribution in [2.24, 2.45) is 5.92 Å². The first-order valence-electron chi connectivity index (χ1n) is 8.37. The van der Waals surface area contributed by atoms with Gasteiger partial charge in [-0.05, 0) is 37.2 Å². The largest absolute Gasteiger partial charge is 0.318 e. The Balaban J connectivity index is 1.69. The van der Waals surface area contributed by atoms with Crippen molar-refractivity contribution in [1.82, 2.24) is 10.2 Å². The zero-order valence-corrected chi connectivity index (χ0v) is 12.7. The lowest BCUT2D eigenvalue weighted by Gasteiger charge is -2.39. The summed E-state index contributed by atoms with van der Waals surface area (Å²) in [7, 11) is 0. The molecule has 1 N–H and O–H groups in total. The molecule has 4 rings (SSSR count). The molecule has 3 nitrogen and oxygen atoms in total. The van der Waals surface area contributed by atoms with Gasteiger partial charge in [-0.2, -0.15) is 0 Å². The first-order valence-corrected chi connectivity index (χ1v) is 8.37. The second-order valence-corrected chi connectivity index (χ2v) is 7.08. The van der Waals surface area contributed by atoms with Gasteiger partial charge in [0, 0.05) is 6.04 Å². The van der Waals surface area contributed by atoms with Crippen molar-refractivity contribution in [2.75, 3.05) is 0 Å². The maximum absolute atomic E-state index is 13.0. The van der Waals surface area contributed by atoms with E-state index in [2.05, 4.69) is 41.4 Å². The molecule has 1 aliphatic heterocycles. The number of amides is 1. The van der Waals surface area contributed by atoms with E-state index in [0.717, 1.165) is 19.3 Å². The van der Waals surface area contributed by atoms with Crippen molar-refractivity contribution >= 4 is 5.91 Å². The van der Waals surface area contributed by atoms with Gasteiger partial charge in [0.1, 0.15) is 11.7 Å². The summed E-state index contributed by atoms with van der Waals surface area (Å²) in [6.45, 7) is 2.32. The molecule has 1 aromatic carbocycles. The highest BCUT2D eigenvalue weighted by molar-refractivity contribution is 5.92. The molecule has 3 aliphatic rings. The Morgan fingerprint density at radius 3 is 2.52 bits per heavy atom. The predicted octanol–water partition coefficient (Wildman–Crippen LogP) is 3.23. The van der Waals surface area contributed by atoms with E-state index in [1.807, 2.05) is 6.07 Å². The van der Waals surface area contributed by atoms with Gasteiger partial charge >= 0.3 is 0 Å². The van der Waals surface area contributed by atoms with E-state index >= 15 is 0 Å². The molecule has 3 unspecified atom stereocenters. The number of carbonyl (C=O) groups is 1. The van der Waals surface area contributed by atoms with Gasteiger partial charge in [-0.3, -0.25) is 10.1 Å². The molecule has 112 valence electrons. The van der Waals surface area contributed by atoms with Crippen LogP contribution in [0.4, 0.5) is 0 Å². The number of rotatable bonds is 2. The van der Waals surface area contributed by atoms with E-state index < -0.39 is 0 Å². The van der Waals surface area contributed by atoms with Crippen LogP contribution in [0, 0.1) is 5.92 Å². The van der Waals surface area contributed by atoms with Crippen molar-refractivity contribution < 1.29 is 4.79 Å². The van der Waals surface area contributed by atoms with Crippen LogP contribution >= 0.6 is 0 Å². The number of nitrogens with one attached hydrogen (secondary N) is 1. The quantitative estimate of drug-likeness (QED) is 0.904. The Morgan fingerprint density at radius 1 is 1.14 bits per heavy atom. The van der Waals surface area contributed by atoms with Crippen LogP contribution < -0.4 is 5.32 Å². The van der Waals surface area contributed by atoms with Gasteiger partial charge in [0.15, 0.2) is 0 Å². The van der Waals surface area contributed by atoms with Gasteiger partial charge in [-0.1, -0.05) is 50.1 Å². The third-order valence-corrected chi connectivity index (χ3v) is 5.62. The van der Waals surface area contributed by atoms with Gasteiger partial charge in [0.2, 0.25) is 5.91 Å². The van der Waals surface area contributed by atoms with Gasteiger partial charge in [-0.25, -0.2) is 0 Å². The van der Waals surface area contributed by atoms with E-state index in [1.54, 1.807) is 0 Å². The first-order chi connectivity index (χ1) is 10.2. The lowest BCUT2D eigenvalue weighted by atomic mass is 9.84. The van der Waals surface area contributed by atoms with Crippen LogP contribution in [-0.4, -0.2) is 22.4 Å². The van der Waals surface area contributed by atoms with E-state index in [0.29, 0.717) is 17.9 Å². The van der Waals surface area contributed by atoms with Crippen molar-refractivity contribution in [3.63, 3.8) is 0 Å². The third-order valence-electron chi connectivity index (χ3n) is 5.62. The summed E-state index contributed by atoms with van der Waals surface area (Å²) in [5, 5.41) is 3.65. The number of benzene rings is 1. The summed E-state index contributed by atoms with van der Waals surface area (Å²) in [5.74, 6) is 0.972. The molecule has 3 fully saturated rings. The minimum absolute atomic E-state index is 0.0757. The summed E-state index contributed by atoms with van der Waals surface area (Å²) < 4.78 is 0. The summed E-state index contributed by atoms with van der Waals surface area (Å²) in [4.78, 5) is 15.2. The van der Waals surface area contributed by atoms with E-state index in [1.165, 1.54) is 24.8 Å². The Labute approximate surface area is 126 Å². The van der Waals surface area contributed by atoms with Crippen LogP contribution in [-0.2, 0) is 4.79 Å². The molecule has 21 heavy (non-hydrogen) atoms. The molecule has 1 aromatic rings. The molecule has 3 atom stereocenters. The first kappa shape index (κ1) is 13.3. The van der Waals surface area contributed by atoms with Crippen LogP contribution in [0.15, 0.2) is 30.3 Å². The summed E-state index contributed by atoms with van der Waals surface area (Å²) in [5.41, 5.74) is 1.00. The average molecular weight is 284 g/mol. The lowest BCUT2D eigenvalue weighted by molar-refractivity contribution is -0.135. The summed E-state index contributed by atoms with van der Waals surface area (Å²) >= 11 is 0. The molecule has 1 saturated heterocycles. The van der Waals surface area contributed by atoms with Crippen molar-refractivity contribution in [1.29, 1.82) is 0 Å². The topological polar surface area (TPSA) is 32.3 Å². The van der Waals surface area contributed by atoms with Crippen LogP contribution in [0.1, 0.15) is 57.2 Å². The fraction of sp³-hybridized carbons (Fsp3) is 0.611. The lowest BCUT2D eigenvalue weighted by Crippen LogP contribution is -2.45. The highest BCUT2D eigenvalue weighted by atomic mass is 16.2. The van der Waals surface area contributed by atoms with Crippen LogP contribution in [0.5, 0.6) is 0 Å². The van der Waals surface area contributed by atoms with E-state index in [4.69, 9.17) is 0 Å². The predicted molar refractivity (Wildman–Crippen MR) is 82.5 cm³/mol. The molecule has 0 bridgehead atoms. The Hall–Kier alpha value is -1.35. The molecule has 1 spiro atoms. The minimum Gasteiger partial charge on any atom is -0.318 e. The second-order valence-electron chi connectivity index (χ2n) is 7.08. The molecule has 1 heterocycles. The maximum atomic E-state index is 13.0. The van der Waals surface area contributed by atoms with Gasteiger partial charge in [-0.15, -0.1) is 0 Å². The Kier molecular flexibility index (Phi) is 3.07. The smallest absolute Gasteiger partial charge is 0.244 e. The molecule has 0 aromatic heterocycles. The summed E-state index contributed by atoms with van der Waals surface area (Å²) in [6.07, 6.45) is 7.07. The normalized spacial score (nSPS) is 34.4. The van der Waals surface area contributed by atoms with Crippen molar-refractivity contribution in [3.8, 4) is 0 Å².